The van der Waals surface area contributed by atoms with Gasteiger partial charge in [0.1, 0.15) is 0 Å². The highest BCUT2D eigenvalue weighted by Crippen LogP contribution is 2.64. The summed E-state index contributed by atoms with van der Waals surface area (Å²) in [7, 11) is 0. The maximum atomic E-state index is 13.5. The van der Waals surface area contributed by atoms with E-state index in [1.54, 1.807) is 6.92 Å². The molecular formula is C32H48F6O4. The number of aliphatic hydroxyl groups is 4. The molecule has 0 heterocycles. The predicted molar refractivity (Wildman–Crippen MR) is 149 cm³/mol. The van der Waals surface area contributed by atoms with Gasteiger partial charge in [0.25, 0.3) is 5.60 Å². The second-order valence-corrected chi connectivity index (χ2v) is 13.3. The monoisotopic (exact) mass is 616 g/mol. The van der Waals surface area contributed by atoms with Crippen LogP contribution in [0.5, 0.6) is 0 Å². The van der Waals surface area contributed by atoms with Crippen LogP contribution in [0, 0.1) is 22.7 Å². The molecular weight excluding hydrogens is 562 g/mol. The molecule has 242 valence electrons. The molecule has 0 amide bonds. The summed E-state index contributed by atoms with van der Waals surface area (Å²) in [5, 5.41) is 40.7. The third-order valence-electron chi connectivity index (χ3n) is 9.97. The summed E-state index contributed by atoms with van der Waals surface area (Å²) in [6.45, 7) is -2.90. The standard InChI is InChI=1S/C32H48F6O4/c1-27(2,41)13-6-14-28(3,15-7-17-30(42,31(33,34)35)32(36,37)38)26-12-11-25-22(8-5-16-29(25,26)4)10-9-21-18-23(39)20-24(40)19-21/h7,9-10,17,23-26,39-42H,5-6,8,11-16,18-20H2,1-4H3/t23-,24-,25?,26-,28+,29+/m1/s1/i1D3,2D3. The van der Waals surface area contributed by atoms with Gasteiger partial charge in [-0.15, -0.1) is 0 Å². The SMILES string of the molecule is [2H]C([2H])([2H])C(O)(CCC[C@@](C)(CC=CC(O)(C(F)(F)F)C(F)(F)F)[C@H]1CCC2C(=CC=C3C[C@@H](O)C[C@H](O)C3)CCC[C@@]21C)C([2H])([2H])[2H]. The lowest BCUT2D eigenvalue weighted by atomic mass is 9.55. The number of hydrogen-bond donors (Lipinski definition) is 4. The molecule has 1 unspecified atom stereocenters. The number of hydrogen-bond acceptors (Lipinski definition) is 4. The Hall–Kier alpha value is -1.36. The normalized spacial score (nSPS) is 35.0. The van der Waals surface area contributed by atoms with Crippen molar-refractivity contribution in [1.29, 1.82) is 0 Å². The molecule has 0 aromatic carbocycles. The average molecular weight is 617 g/mol. The lowest BCUT2D eigenvalue weighted by Crippen LogP contribution is -2.55. The zero-order valence-electron chi connectivity index (χ0n) is 30.2. The van der Waals surface area contributed by atoms with Gasteiger partial charge >= 0.3 is 12.4 Å². The molecule has 0 aliphatic heterocycles. The summed E-state index contributed by atoms with van der Waals surface area (Å²) in [4.78, 5) is 0. The highest BCUT2D eigenvalue weighted by molar-refractivity contribution is 5.27. The topological polar surface area (TPSA) is 80.9 Å². The summed E-state index contributed by atoms with van der Waals surface area (Å²) >= 11 is 0. The average Bonchev–Trinajstić information content (AvgIpc) is 3.27. The molecule has 10 heteroatoms. The van der Waals surface area contributed by atoms with E-state index in [2.05, 4.69) is 0 Å². The van der Waals surface area contributed by atoms with Gasteiger partial charge in [0.05, 0.1) is 17.8 Å². The van der Waals surface area contributed by atoms with Crippen molar-refractivity contribution in [1.82, 2.24) is 0 Å². The molecule has 3 aliphatic carbocycles. The smallest absolute Gasteiger partial charge is 0.393 e. The predicted octanol–water partition coefficient (Wildman–Crippen LogP) is 7.71. The van der Waals surface area contributed by atoms with Gasteiger partial charge in [0, 0.05) is 8.22 Å². The fourth-order valence-corrected chi connectivity index (χ4v) is 7.93. The Morgan fingerprint density at radius 1 is 0.952 bits per heavy atom. The van der Waals surface area contributed by atoms with Crippen molar-refractivity contribution in [2.45, 2.75) is 140 Å². The molecule has 0 bridgehead atoms. The van der Waals surface area contributed by atoms with Crippen LogP contribution in [0.2, 0.25) is 0 Å². The Balaban J connectivity index is 1.99. The largest absolute Gasteiger partial charge is 0.429 e. The molecule has 4 N–H and O–H groups in total. The van der Waals surface area contributed by atoms with Gasteiger partial charge < -0.3 is 20.4 Å². The van der Waals surface area contributed by atoms with Crippen LogP contribution in [0.1, 0.15) is 113 Å². The van der Waals surface area contributed by atoms with E-state index >= 15 is 0 Å². The molecule has 0 aromatic rings. The lowest BCUT2D eigenvalue weighted by Gasteiger charge is -2.49. The Bertz CT molecular complexity index is 1190. The van der Waals surface area contributed by atoms with E-state index in [1.807, 2.05) is 19.1 Å². The van der Waals surface area contributed by atoms with Gasteiger partial charge in [-0.2, -0.15) is 26.3 Å². The highest BCUT2D eigenvalue weighted by atomic mass is 19.4. The second-order valence-electron chi connectivity index (χ2n) is 13.3. The molecule has 6 atom stereocenters. The van der Waals surface area contributed by atoms with E-state index in [-0.39, 0.29) is 37.2 Å². The van der Waals surface area contributed by atoms with Crippen molar-refractivity contribution in [3.8, 4) is 0 Å². The molecule has 3 saturated carbocycles. The maximum absolute atomic E-state index is 13.5. The van der Waals surface area contributed by atoms with Crippen LogP contribution in [-0.2, 0) is 0 Å². The van der Waals surface area contributed by atoms with E-state index in [0.29, 0.717) is 44.6 Å². The van der Waals surface area contributed by atoms with Crippen molar-refractivity contribution < 1.29 is 55.0 Å². The van der Waals surface area contributed by atoms with Gasteiger partial charge in [-0.3, -0.25) is 0 Å². The van der Waals surface area contributed by atoms with Gasteiger partial charge in [-0.05, 0) is 113 Å². The third-order valence-corrected chi connectivity index (χ3v) is 9.97. The van der Waals surface area contributed by atoms with Crippen molar-refractivity contribution in [3.63, 3.8) is 0 Å². The van der Waals surface area contributed by atoms with Gasteiger partial charge in [0.2, 0.25) is 0 Å². The molecule has 0 spiro atoms. The molecule has 4 nitrogen and oxygen atoms in total. The molecule has 3 aliphatic rings. The quantitative estimate of drug-likeness (QED) is 0.158. The zero-order chi connectivity index (χ0) is 36.8. The molecule has 3 fully saturated rings. The van der Waals surface area contributed by atoms with Crippen LogP contribution in [0.15, 0.2) is 35.5 Å². The van der Waals surface area contributed by atoms with Gasteiger partial charge in [0.15, 0.2) is 0 Å². The van der Waals surface area contributed by atoms with E-state index in [0.717, 1.165) is 24.0 Å². The molecule has 0 aromatic heterocycles. The van der Waals surface area contributed by atoms with Crippen molar-refractivity contribution in [3.05, 3.63) is 35.5 Å². The summed E-state index contributed by atoms with van der Waals surface area (Å²) in [6, 6.07) is 0. The van der Waals surface area contributed by atoms with Crippen molar-refractivity contribution >= 4 is 0 Å². The first-order chi connectivity index (χ1) is 21.6. The first kappa shape index (κ1) is 27.0. The summed E-state index contributed by atoms with van der Waals surface area (Å²) in [5.41, 5.74) is -7.75. The lowest BCUT2D eigenvalue weighted by molar-refractivity contribution is -0.347. The summed E-state index contributed by atoms with van der Waals surface area (Å²) in [5.74, 6) is -0.313. The van der Waals surface area contributed by atoms with Crippen LogP contribution in [0.25, 0.3) is 0 Å². The van der Waals surface area contributed by atoms with Crippen LogP contribution in [0.3, 0.4) is 0 Å². The van der Waals surface area contributed by atoms with E-state index in [1.165, 1.54) is 0 Å². The second kappa shape index (κ2) is 12.6. The van der Waals surface area contributed by atoms with Crippen LogP contribution < -0.4 is 0 Å². The first-order valence-corrected chi connectivity index (χ1v) is 14.6. The maximum Gasteiger partial charge on any atom is 0.429 e. The van der Waals surface area contributed by atoms with E-state index < -0.39 is 66.7 Å². The van der Waals surface area contributed by atoms with Crippen LogP contribution >= 0.6 is 0 Å². The van der Waals surface area contributed by atoms with Crippen molar-refractivity contribution in [2.24, 2.45) is 22.7 Å². The minimum absolute atomic E-state index is 0.00110. The minimum atomic E-state index is -6.06. The summed E-state index contributed by atoms with van der Waals surface area (Å²) in [6.07, 6.45) is -5.93. The number of halogens is 6. The van der Waals surface area contributed by atoms with Crippen molar-refractivity contribution in [2.75, 3.05) is 0 Å². The van der Waals surface area contributed by atoms with Gasteiger partial charge in [-0.1, -0.05) is 49.6 Å². The zero-order valence-corrected chi connectivity index (χ0v) is 24.2. The fourth-order valence-electron chi connectivity index (χ4n) is 7.93. The molecule has 0 radical (unpaired) electrons. The first-order valence-electron chi connectivity index (χ1n) is 17.6. The van der Waals surface area contributed by atoms with Crippen LogP contribution in [0.4, 0.5) is 26.3 Å². The van der Waals surface area contributed by atoms with E-state index in [9.17, 15) is 46.8 Å². The minimum Gasteiger partial charge on any atom is -0.393 e. The Morgan fingerprint density at radius 2 is 1.57 bits per heavy atom. The number of alkyl halides is 6. The Morgan fingerprint density at radius 3 is 2.14 bits per heavy atom. The van der Waals surface area contributed by atoms with Crippen LogP contribution in [-0.4, -0.2) is 56.2 Å². The molecule has 0 saturated heterocycles. The highest BCUT2D eigenvalue weighted by Gasteiger charge is 2.69. The third kappa shape index (κ3) is 7.83. The number of aliphatic hydroxyl groups excluding tert-OH is 2. The molecule has 42 heavy (non-hydrogen) atoms. The van der Waals surface area contributed by atoms with E-state index in [4.69, 9.17) is 8.22 Å². The number of rotatable bonds is 9. The Labute approximate surface area is 254 Å². The number of allylic oxidation sites excluding steroid dienone is 4. The Kier molecular flexibility index (Phi) is 8.07. The summed E-state index contributed by atoms with van der Waals surface area (Å²) < 4.78 is 127. The van der Waals surface area contributed by atoms with Gasteiger partial charge in [-0.25, -0.2) is 0 Å². The molecule has 3 rings (SSSR count). The number of fused-ring (bicyclic) bond motifs is 1. The fraction of sp³-hybridized carbons (Fsp3) is 0.812.